The van der Waals surface area contributed by atoms with Crippen LogP contribution in [-0.4, -0.2) is 33.0 Å². The molecule has 1 heterocycles. The van der Waals surface area contributed by atoms with Crippen LogP contribution in [0.25, 0.3) is 11.0 Å². The van der Waals surface area contributed by atoms with Crippen molar-refractivity contribution in [2.75, 3.05) is 0 Å². The molecule has 0 aliphatic heterocycles. The number of benzene rings is 1. The highest BCUT2D eigenvalue weighted by Crippen LogP contribution is 2.27. The molecule has 0 spiro atoms. The molecule has 2 N–H and O–H groups in total. The first-order valence-corrected chi connectivity index (χ1v) is 7.22. The van der Waals surface area contributed by atoms with Gasteiger partial charge in [0.2, 0.25) is 0 Å². The zero-order valence-corrected chi connectivity index (χ0v) is 12.5. The van der Waals surface area contributed by atoms with E-state index in [2.05, 4.69) is 15.3 Å². The summed E-state index contributed by atoms with van der Waals surface area (Å²) < 4.78 is 0. The molecule has 0 saturated heterocycles. The van der Waals surface area contributed by atoms with Gasteiger partial charge >= 0.3 is 5.97 Å². The van der Waals surface area contributed by atoms with E-state index in [-0.39, 0.29) is 17.9 Å². The number of hydrogen-bond donors (Lipinski definition) is 2. The molecule has 2 aromatic rings. The second-order valence-electron chi connectivity index (χ2n) is 5.77. The van der Waals surface area contributed by atoms with Gasteiger partial charge in [-0.3, -0.25) is 9.59 Å². The molecule has 0 radical (unpaired) electrons. The molecule has 1 fully saturated rings. The van der Waals surface area contributed by atoms with E-state index in [0.717, 1.165) is 16.9 Å². The van der Waals surface area contributed by atoms with E-state index in [4.69, 9.17) is 5.11 Å². The maximum absolute atomic E-state index is 12.2. The van der Waals surface area contributed by atoms with E-state index < -0.39 is 5.97 Å². The average Bonchev–Trinajstić information content (AvgIpc) is 2.42. The number of aliphatic carboxylic acids is 1. The molecule has 0 bridgehead atoms. The zero-order chi connectivity index (χ0) is 15.9. The Labute approximate surface area is 127 Å². The van der Waals surface area contributed by atoms with Crippen LogP contribution < -0.4 is 5.32 Å². The Morgan fingerprint density at radius 3 is 2.41 bits per heavy atom. The standard InChI is InChI=1S/C16H17N3O3/c1-8-9(2)18-14-7-10(3-4-13(14)17-8)15(20)19-12-5-11(6-12)16(21)22/h3-4,7,11-12H,5-6H2,1-2H3,(H,19,20)(H,21,22). The van der Waals surface area contributed by atoms with Crippen molar-refractivity contribution < 1.29 is 14.7 Å². The number of carboxylic acid groups (broad SMARTS) is 1. The average molecular weight is 299 g/mol. The summed E-state index contributed by atoms with van der Waals surface area (Å²) in [5, 5.41) is 11.7. The monoisotopic (exact) mass is 299 g/mol. The van der Waals surface area contributed by atoms with Gasteiger partial charge in [-0.1, -0.05) is 0 Å². The van der Waals surface area contributed by atoms with Crippen LogP contribution in [0, 0.1) is 19.8 Å². The molecule has 1 aromatic heterocycles. The van der Waals surface area contributed by atoms with Crippen molar-refractivity contribution >= 4 is 22.9 Å². The number of carbonyl (C=O) groups excluding carboxylic acids is 1. The summed E-state index contributed by atoms with van der Waals surface area (Å²) in [5.74, 6) is -1.33. The third-order valence-corrected chi connectivity index (χ3v) is 4.16. The van der Waals surface area contributed by atoms with Gasteiger partial charge in [0.1, 0.15) is 0 Å². The van der Waals surface area contributed by atoms with Crippen molar-refractivity contribution in [2.45, 2.75) is 32.7 Å². The van der Waals surface area contributed by atoms with Crippen molar-refractivity contribution in [3.8, 4) is 0 Å². The van der Waals surface area contributed by atoms with Crippen LogP contribution in [0.1, 0.15) is 34.6 Å². The van der Waals surface area contributed by atoms with E-state index >= 15 is 0 Å². The molecule has 1 aliphatic rings. The van der Waals surface area contributed by atoms with Crippen molar-refractivity contribution in [3.63, 3.8) is 0 Å². The molecule has 1 aromatic carbocycles. The molecule has 1 saturated carbocycles. The Kier molecular flexibility index (Phi) is 3.52. The summed E-state index contributed by atoms with van der Waals surface area (Å²) in [4.78, 5) is 31.9. The molecule has 114 valence electrons. The summed E-state index contributed by atoms with van der Waals surface area (Å²) in [6.07, 6.45) is 0.986. The Morgan fingerprint density at radius 1 is 1.14 bits per heavy atom. The molecule has 6 nitrogen and oxygen atoms in total. The molecule has 0 atom stereocenters. The van der Waals surface area contributed by atoms with Gasteiger partial charge in [-0.2, -0.15) is 0 Å². The minimum atomic E-state index is -0.794. The van der Waals surface area contributed by atoms with E-state index in [1.165, 1.54) is 0 Å². The van der Waals surface area contributed by atoms with Gasteiger partial charge in [-0.25, -0.2) is 9.97 Å². The second kappa shape index (κ2) is 5.36. The van der Waals surface area contributed by atoms with Gasteiger partial charge < -0.3 is 10.4 Å². The summed E-state index contributed by atoms with van der Waals surface area (Å²) >= 11 is 0. The lowest BCUT2D eigenvalue weighted by Gasteiger charge is -2.32. The van der Waals surface area contributed by atoms with E-state index in [9.17, 15) is 9.59 Å². The molecule has 3 rings (SSSR count). The second-order valence-corrected chi connectivity index (χ2v) is 5.77. The van der Waals surface area contributed by atoms with E-state index in [0.29, 0.717) is 23.9 Å². The van der Waals surface area contributed by atoms with Crippen LogP contribution in [-0.2, 0) is 4.79 Å². The number of nitrogens with zero attached hydrogens (tertiary/aromatic N) is 2. The Morgan fingerprint density at radius 2 is 1.77 bits per heavy atom. The van der Waals surface area contributed by atoms with Crippen molar-refractivity contribution in [1.29, 1.82) is 0 Å². The summed E-state index contributed by atoms with van der Waals surface area (Å²) in [6, 6.07) is 5.16. The van der Waals surface area contributed by atoms with Crippen molar-refractivity contribution in [3.05, 3.63) is 35.2 Å². The third-order valence-electron chi connectivity index (χ3n) is 4.16. The van der Waals surface area contributed by atoms with Crippen LogP contribution >= 0.6 is 0 Å². The number of aromatic nitrogens is 2. The predicted octanol–water partition coefficient (Wildman–Crippen LogP) is 1.84. The predicted molar refractivity (Wildman–Crippen MR) is 80.6 cm³/mol. The fourth-order valence-corrected chi connectivity index (χ4v) is 2.58. The minimum absolute atomic E-state index is 0.0601. The van der Waals surface area contributed by atoms with Gasteiger partial charge in [-0.15, -0.1) is 0 Å². The first kappa shape index (κ1) is 14.4. The molecule has 1 amide bonds. The number of hydrogen-bond acceptors (Lipinski definition) is 4. The molecular weight excluding hydrogens is 282 g/mol. The number of nitrogens with one attached hydrogen (secondary N) is 1. The zero-order valence-electron chi connectivity index (χ0n) is 12.5. The van der Waals surface area contributed by atoms with Crippen molar-refractivity contribution in [2.24, 2.45) is 5.92 Å². The smallest absolute Gasteiger partial charge is 0.306 e. The van der Waals surface area contributed by atoms with Crippen molar-refractivity contribution in [1.82, 2.24) is 15.3 Å². The highest BCUT2D eigenvalue weighted by atomic mass is 16.4. The maximum Gasteiger partial charge on any atom is 0.306 e. The minimum Gasteiger partial charge on any atom is -0.481 e. The van der Waals surface area contributed by atoms with Crippen LogP contribution in [0.15, 0.2) is 18.2 Å². The fourth-order valence-electron chi connectivity index (χ4n) is 2.58. The quantitative estimate of drug-likeness (QED) is 0.902. The number of aryl methyl sites for hydroxylation is 2. The number of rotatable bonds is 3. The topological polar surface area (TPSA) is 92.2 Å². The SMILES string of the molecule is Cc1nc2ccc(C(=O)NC3CC(C(=O)O)C3)cc2nc1C. The van der Waals surface area contributed by atoms with Crippen LogP contribution in [0.5, 0.6) is 0 Å². The molecule has 6 heteroatoms. The summed E-state index contributed by atoms with van der Waals surface area (Å²) in [5.41, 5.74) is 3.68. The number of carbonyl (C=O) groups is 2. The Bertz CT molecular complexity index is 767. The number of fused-ring (bicyclic) bond motifs is 1. The normalized spacial score (nSPS) is 20.5. The fraction of sp³-hybridized carbons (Fsp3) is 0.375. The molecule has 1 aliphatic carbocycles. The largest absolute Gasteiger partial charge is 0.481 e. The summed E-state index contributed by atoms with van der Waals surface area (Å²) in [6.45, 7) is 3.78. The van der Waals surface area contributed by atoms with Crippen LogP contribution in [0.3, 0.4) is 0 Å². The maximum atomic E-state index is 12.2. The van der Waals surface area contributed by atoms with Gasteiger partial charge in [-0.05, 0) is 44.9 Å². The first-order valence-electron chi connectivity index (χ1n) is 7.22. The van der Waals surface area contributed by atoms with Gasteiger partial charge in [0.25, 0.3) is 5.91 Å². The first-order chi connectivity index (χ1) is 10.4. The Hall–Kier alpha value is -2.50. The van der Waals surface area contributed by atoms with Gasteiger partial charge in [0.05, 0.1) is 28.3 Å². The lowest BCUT2D eigenvalue weighted by molar-refractivity contribution is -0.145. The van der Waals surface area contributed by atoms with E-state index in [1.54, 1.807) is 18.2 Å². The summed E-state index contributed by atoms with van der Waals surface area (Å²) in [7, 11) is 0. The molecular formula is C16H17N3O3. The van der Waals surface area contributed by atoms with Gasteiger partial charge in [0, 0.05) is 11.6 Å². The lowest BCUT2D eigenvalue weighted by Crippen LogP contribution is -2.46. The third kappa shape index (κ3) is 2.64. The lowest BCUT2D eigenvalue weighted by atomic mass is 9.80. The van der Waals surface area contributed by atoms with E-state index in [1.807, 2.05) is 13.8 Å². The van der Waals surface area contributed by atoms with Crippen LogP contribution in [0.4, 0.5) is 0 Å². The van der Waals surface area contributed by atoms with Crippen LogP contribution in [0.2, 0.25) is 0 Å². The number of amides is 1. The van der Waals surface area contributed by atoms with Gasteiger partial charge in [0.15, 0.2) is 0 Å². The molecule has 0 unspecified atom stereocenters. The number of carboxylic acids is 1. The highest BCUT2D eigenvalue weighted by molar-refractivity contribution is 5.97. The Balaban J connectivity index is 1.74. The molecule has 22 heavy (non-hydrogen) atoms. The highest BCUT2D eigenvalue weighted by Gasteiger charge is 2.35.